The number of benzene rings is 1. The quantitative estimate of drug-likeness (QED) is 0.555. The van der Waals surface area contributed by atoms with E-state index in [2.05, 4.69) is 9.97 Å². The van der Waals surface area contributed by atoms with Gasteiger partial charge in [0.05, 0.1) is 24.8 Å². The van der Waals surface area contributed by atoms with E-state index in [1.54, 1.807) is 30.3 Å². The van der Waals surface area contributed by atoms with E-state index in [9.17, 15) is 4.79 Å². The zero-order chi connectivity index (χ0) is 17.0. The Balaban J connectivity index is 1.77. The van der Waals surface area contributed by atoms with Crippen molar-refractivity contribution < 1.29 is 9.47 Å². The summed E-state index contributed by atoms with van der Waals surface area (Å²) in [7, 11) is 1.60. The lowest BCUT2D eigenvalue weighted by atomic mass is 10.1. The molecule has 0 bridgehead atoms. The third-order valence-electron chi connectivity index (χ3n) is 4.42. The molecular formula is C18H13N3O3S. The van der Waals surface area contributed by atoms with Gasteiger partial charge in [0.25, 0.3) is 5.56 Å². The summed E-state index contributed by atoms with van der Waals surface area (Å²) in [5.74, 6) is 1.57. The maximum absolute atomic E-state index is 13.0. The molecule has 0 unspecified atom stereocenters. The van der Waals surface area contributed by atoms with Crippen LogP contribution >= 0.6 is 11.3 Å². The van der Waals surface area contributed by atoms with Gasteiger partial charge in [-0.3, -0.25) is 9.36 Å². The molecule has 0 atom stereocenters. The van der Waals surface area contributed by atoms with Crippen molar-refractivity contribution in [2.75, 3.05) is 13.7 Å². The maximum Gasteiger partial charge on any atom is 0.275 e. The van der Waals surface area contributed by atoms with E-state index in [4.69, 9.17) is 9.47 Å². The number of fused-ring (bicyclic) bond motifs is 4. The number of hydrogen-bond acceptors (Lipinski definition) is 6. The Hall–Kier alpha value is -2.93. The molecule has 7 heteroatoms. The Morgan fingerprint density at radius 1 is 1.28 bits per heavy atom. The van der Waals surface area contributed by atoms with Crippen LogP contribution in [0.4, 0.5) is 0 Å². The number of thiophene rings is 1. The average Bonchev–Trinajstić information content (AvgIpc) is 3.25. The zero-order valence-corrected chi connectivity index (χ0v) is 14.2. The van der Waals surface area contributed by atoms with Gasteiger partial charge < -0.3 is 9.47 Å². The van der Waals surface area contributed by atoms with Gasteiger partial charge in [-0.25, -0.2) is 9.97 Å². The maximum atomic E-state index is 13.0. The fourth-order valence-corrected chi connectivity index (χ4v) is 4.25. The summed E-state index contributed by atoms with van der Waals surface area (Å²) in [6.45, 7) is 0.687. The van der Waals surface area contributed by atoms with Crippen LogP contribution < -0.4 is 15.0 Å². The van der Waals surface area contributed by atoms with Gasteiger partial charge in [-0.05, 0) is 29.8 Å². The summed E-state index contributed by atoms with van der Waals surface area (Å²) in [5, 5.41) is 0.789. The fourth-order valence-electron chi connectivity index (χ4n) is 3.20. The van der Waals surface area contributed by atoms with Gasteiger partial charge in [0.1, 0.15) is 32.9 Å². The summed E-state index contributed by atoms with van der Waals surface area (Å²) in [6.07, 6.45) is 4.11. The zero-order valence-electron chi connectivity index (χ0n) is 13.4. The highest BCUT2D eigenvalue weighted by Gasteiger charge is 2.18. The highest BCUT2D eigenvalue weighted by Crippen LogP contribution is 2.35. The van der Waals surface area contributed by atoms with Gasteiger partial charge in [-0.1, -0.05) is 0 Å². The van der Waals surface area contributed by atoms with Crippen molar-refractivity contribution in [3.05, 3.63) is 52.7 Å². The monoisotopic (exact) mass is 351 g/mol. The lowest BCUT2D eigenvalue weighted by Gasteiger charge is -2.07. The van der Waals surface area contributed by atoms with E-state index in [1.165, 1.54) is 11.3 Å². The van der Waals surface area contributed by atoms with Crippen LogP contribution in [0.15, 0.2) is 41.6 Å². The molecule has 5 rings (SSSR count). The molecule has 0 radical (unpaired) electrons. The van der Waals surface area contributed by atoms with Crippen molar-refractivity contribution in [3.63, 3.8) is 0 Å². The molecule has 0 saturated heterocycles. The van der Waals surface area contributed by atoms with Gasteiger partial charge in [0.2, 0.25) is 0 Å². The van der Waals surface area contributed by atoms with Crippen LogP contribution in [0.3, 0.4) is 0 Å². The lowest BCUT2D eigenvalue weighted by Crippen LogP contribution is -2.17. The molecule has 4 heterocycles. The Labute approximate surface area is 146 Å². The second kappa shape index (κ2) is 5.29. The van der Waals surface area contributed by atoms with Crippen molar-refractivity contribution in [3.8, 4) is 17.2 Å². The van der Waals surface area contributed by atoms with Crippen molar-refractivity contribution in [2.45, 2.75) is 6.42 Å². The first-order chi connectivity index (χ1) is 12.3. The van der Waals surface area contributed by atoms with Crippen LogP contribution in [0.1, 0.15) is 5.56 Å². The van der Waals surface area contributed by atoms with Gasteiger partial charge >= 0.3 is 0 Å². The van der Waals surface area contributed by atoms with E-state index < -0.39 is 0 Å². The predicted octanol–water partition coefficient (Wildman–Crippen LogP) is 2.94. The summed E-state index contributed by atoms with van der Waals surface area (Å²) in [4.78, 5) is 22.7. The Bertz CT molecular complexity index is 1200. The summed E-state index contributed by atoms with van der Waals surface area (Å²) in [6, 6.07) is 7.56. The highest BCUT2D eigenvalue weighted by molar-refractivity contribution is 7.25. The second-order valence-corrected chi connectivity index (χ2v) is 6.78. The SMILES string of the molecule is COc1ccnc2sc3c(=O)n(-c4ccc5c(c4)CCO5)cnc3c12. The van der Waals surface area contributed by atoms with Crippen LogP contribution in [-0.4, -0.2) is 28.3 Å². The number of aromatic nitrogens is 3. The normalized spacial score (nSPS) is 13.2. The van der Waals surface area contributed by atoms with Crippen molar-refractivity contribution >= 4 is 31.8 Å². The van der Waals surface area contributed by atoms with Crippen molar-refractivity contribution in [1.29, 1.82) is 0 Å². The van der Waals surface area contributed by atoms with Gasteiger partial charge in [-0.15, -0.1) is 11.3 Å². The van der Waals surface area contributed by atoms with E-state index in [-0.39, 0.29) is 5.56 Å². The van der Waals surface area contributed by atoms with Crippen LogP contribution in [0.25, 0.3) is 26.1 Å². The molecule has 25 heavy (non-hydrogen) atoms. The highest BCUT2D eigenvalue weighted by atomic mass is 32.1. The summed E-state index contributed by atoms with van der Waals surface area (Å²) >= 11 is 1.34. The molecule has 1 aliphatic rings. The topological polar surface area (TPSA) is 66.2 Å². The fraction of sp³-hybridized carbons (Fsp3) is 0.167. The third-order valence-corrected chi connectivity index (χ3v) is 5.49. The molecule has 4 aromatic rings. The minimum absolute atomic E-state index is 0.103. The smallest absolute Gasteiger partial charge is 0.275 e. The van der Waals surface area contributed by atoms with Gasteiger partial charge in [0, 0.05) is 12.6 Å². The molecule has 0 aliphatic carbocycles. The number of hydrogen-bond donors (Lipinski definition) is 0. The first-order valence-corrected chi connectivity index (χ1v) is 8.67. The molecule has 1 aliphatic heterocycles. The molecule has 0 fully saturated rings. The van der Waals surface area contributed by atoms with Crippen LogP contribution in [-0.2, 0) is 6.42 Å². The Morgan fingerprint density at radius 3 is 3.08 bits per heavy atom. The standard InChI is InChI=1S/C18H13N3O3S/c1-23-13-4-6-19-17-14(13)15-16(25-17)18(22)21(9-20-15)11-2-3-12-10(8-11)5-7-24-12/h2-4,6,8-9H,5,7H2,1H3. The van der Waals surface area contributed by atoms with E-state index in [0.717, 1.165) is 33.6 Å². The molecule has 6 nitrogen and oxygen atoms in total. The summed E-state index contributed by atoms with van der Waals surface area (Å²) in [5.41, 5.74) is 2.44. The Kier molecular flexibility index (Phi) is 3.05. The number of ether oxygens (including phenoxy) is 2. The van der Waals surface area contributed by atoms with Crippen LogP contribution in [0.2, 0.25) is 0 Å². The first kappa shape index (κ1) is 14.4. The molecule has 0 amide bonds. The van der Waals surface area contributed by atoms with Gasteiger partial charge in [-0.2, -0.15) is 0 Å². The van der Waals surface area contributed by atoms with Crippen LogP contribution in [0.5, 0.6) is 11.5 Å². The number of nitrogens with zero attached hydrogens (tertiary/aromatic N) is 3. The molecule has 124 valence electrons. The van der Waals surface area contributed by atoms with E-state index in [1.807, 2.05) is 18.2 Å². The minimum atomic E-state index is -0.103. The third kappa shape index (κ3) is 2.05. The molecule has 0 saturated carbocycles. The lowest BCUT2D eigenvalue weighted by molar-refractivity contribution is 0.357. The molecule has 0 spiro atoms. The van der Waals surface area contributed by atoms with Crippen molar-refractivity contribution in [2.24, 2.45) is 0 Å². The first-order valence-electron chi connectivity index (χ1n) is 7.85. The largest absolute Gasteiger partial charge is 0.496 e. The number of methoxy groups -OCH3 is 1. The molecule has 1 aromatic carbocycles. The van der Waals surface area contributed by atoms with Crippen LogP contribution in [0, 0.1) is 0 Å². The van der Waals surface area contributed by atoms with Crippen molar-refractivity contribution in [1.82, 2.24) is 14.5 Å². The second-order valence-electron chi connectivity index (χ2n) is 5.78. The Morgan fingerprint density at radius 2 is 2.20 bits per heavy atom. The number of rotatable bonds is 2. The number of pyridine rings is 1. The minimum Gasteiger partial charge on any atom is -0.496 e. The molecular weight excluding hydrogens is 338 g/mol. The molecule has 0 N–H and O–H groups in total. The van der Waals surface area contributed by atoms with E-state index in [0.29, 0.717) is 22.6 Å². The predicted molar refractivity (Wildman–Crippen MR) is 96.3 cm³/mol. The summed E-state index contributed by atoms with van der Waals surface area (Å²) < 4.78 is 13.1. The average molecular weight is 351 g/mol. The molecule has 3 aromatic heterocycles. The van der Waals surface area contributed by atoms with Gasteiger partial charge in [0.15, 0.2) is 0 Å². The van der Waals surface area contributed by atoms with E-state index >= 15 is 0 Å².